The van der Waals surface area contributed by atoms with Gasteiger partial charge >= 0.3 is 0 Å². The number of benzene rings is 4. The van der Waals surface area contributed by atoms with Gasteiger partial charge in [-0.2, -0.15) is 0 Å². The molecule has 4 aromatic carbocycles. The molecular weight excluding hydrogens is 508 g/mol. The Morgan fingerprint density at radius 3 is 2.36 bits per heavy atom. The quantitative estimate of drug-likeness (QED) is 0.271. The highest BCUT2D eigenvalue weighted by molar-refractivity contribution is 7.92. The predicted octanol–water partition coefficient (Wildman–Crippen LogP) is 6.58. The number of carbonyl (C=O) groups is 1. The summed E-state index contributed by atoms with van der Waals surface area (Å²) in [5, 5.41) is 3.63. The largest absolute Gasteiger partial charge is 0.378 e. The molecular formula is C32H30N2O4S. The van der Waals surface area contributed by atoms with Crippen molar-refractivity contribution >= 4 is 27.2 Å². The normalized spacial score (nSPS) is 20.0. The SMILES string of the molecule is Cc1ccc(NS(=O)(=O)c2ccc3c(c2)[C@H]2OCC[C@H]2C(c2ccc(C(=O)c4ccccc4)cc2)N3)cc1C. The van der Waals surface area contributed by atoms with E-state index in [1.54, 1.807) is 18.2 Å². The van der Waals surface area contributed by atoms with E-state index in [1.165, 1.54) is 0 Å². The number of hydrogen-bond donors (Lipinski definition) is 2. The first-order valence-electron chi connectivity index (χ1n) is 13.1. The molecule has 2 aliphatic rings. The van der Waals surface area contributed by atoms with E-state index in [9.17, 15) is 13.2 Å². The number of hydrogen-bond acceptors (Lipinski definition) is 5. The molecule has 3 atom stereocenters. The van der Waals surface area contributed by atoms with Crippen LogP contribution in [0.1, 0.15) is 56.7 Å². The van der Waals surface area contributed by atoms with Crippen molar-refractivity contribution in [3.05, 3.63) is 124 Å². The number of ketones is 1. The standard InChI is InChI=1S/C32H30N2O4S/c1-20-8-13-25(18-21(20)2)34-39(36,37)26-14-15-29-28(19-26)32-27(16-17-38-32)30(33-29)22-9-11-24(12-10-22)31(35)23-6-4-3-5-7-23/h3-15,18-19,27,30,32-34H,16-17H2,1-2H3/t27-,30?,32-/m0/s1. The van der Waals surface area contributed by atoms with Gasteiger partial charge in [-0.3, -0.25) is 9.52 Å². The van der Waals surface area contributed by atoms with Crippen molar-refractivity contribution in [2.45, 2.75) is 37.3 Å². The summed E-state index contributed by atoms with van der Waals surface area (Å²) in [6.45, 7) is 4.56. The van der Waals surface area contributed by atoms with E-state index in [0.29, 0.717) is 23.4 Å². The summed E-state index contributed by atoms with van der Waals surface area (Å²) in [4.78, 5) is 13.1. The molecule has 2 heterocycles. The molecule has 0 aromatic heterocycles. The van der Waals surface area contributed by atoms with E-state index >= 15 is 0 Å². The van der Waals surface area contributed by atoms with E-state index < -0.39 is 10.0 Å². The van der Waals surface area contributed by atoms with Crippen LogP contribution in [0.4, 0.5) is 11.4 Å². The molecule has 2 N–H and O–H groups in total. The molecule has 39 heavy (non-hydrogen) atoms. The first-order chi connectivity index (χ1) is 18.8. The van der Waals surface area contributed by atoms with Crippen molar-refractivity contribution in [2.24, 2.45) is 5.92 Å². The van der Waals surface area contributed by atoms with Crippen LogP contribution in [0.5, 0.6) is 0 Å². The van der Waals surface area contributed by atoms with Crippen LogP contribution in [0, 0.1) is 19.8 Å². The lowest BCUT2D eigenvalue weighted by atomic mass is 9.81. The van der Waals surface area contributed by atoms with Gasteiger partial charge < -0.3 is 10.1 Å². The number of fused-ring (bicyclic) bond motifs is 3. The minimum atomic E-state index is -3.77. The molecule has 2 aliphatic heterocycles. The smallest absolute Gasteiger partial charge is 0.261 e. The van der Waals surface area contributed by atoms with Gasteiger partial charge in [0, 0.05) is 40.6 Å². The van der Waals surface area contributed by atoms with E-state index in [0.717, 1.165) is 34.4 Å². The zero-order valence-electron chi connectivity index (χ0n) is 21.8. The van der Waals surface area contributed by atoms with Gasteiger partial charge in [-0.25, -0.2) is 8.42 Å². The fraction of sp³-hybridized carbons (Fsp3) is 0.219. The van der Waals surface area contributed by atoms with Crippen LogP contribution in [0.25, 0.3) is 0 Å². The van der Waals surface area contributed by atoms with E-state index in [4.69, 9.17) is 4.74 Å². The van der Waals surface area contributed by atoms with Gasteiger partial charge in [-0.15, -0.1) is 0 Å². The topological polar surface area (TPSA) is 84.5 Å². The number of carbonyl (C=O) groups excluding carboxylic acids is 1. The van der Waals surface area contributed by atoms with Gasteiger partial charge in [-0.05, 0) is 67.3 Å². The van der Waals surface area contributed by atoms with Crippen molar-refractivity contribution in [3.8, 4) is 0 Å². The van der Waals surface area contributed by atoms with Crippen LogP contribution in [-0.2, 0) is 14.8 Å². The average Bonchev–Trinajstić information content (AvgIpc) is 3.45. The fourth-order valence-electron chi connectivity index (χ4n) is 5.56. The van der Waals surface area contributed by atoms with E-state index in [-0.39, 0.29) is 28.7 Å². The molecule has 0 aliphatic carbocycles. The summed E-state index contributed by atoms with van der Waals surface area (Å²) in [6, 6.07) is 27.7. The summed E-state index contributed by atoms with van der Waals surface area (Å²) in [5.74, 6) is 0.133. The van der Waals surface area contributed by atoms with Gasteiger partial charge in [0.1, 0.15) is 0 Å². The summed E-state index contributed by atoms with van der Waals surface area (Å²) in [7, 11) is -3.77. The Morgan fingerprint density at radius 1 is 0.872 bits per heavy atom. The molecule has 7 heteroatoms. The molecule has 1 saturated heterocycles. The molecule has 1 unspecified atom stereocenters. The lowest BCUT2D eigenvalue weighted by Crippen LogP contribution is -2.29. The van der Waals surface area contributed by atoms with Gasteiger partial charge in [0.2, 0.25) is 0 Å². The summed E-state index contributed by atoms with van der Waals surface area (Å²) < 4.78 is 35.4. The van der Waals surface area contributed by atoms with Gasteiger partial charge in [-0.1, -0.05) is 60.7 Å². The number of rotatable bonds is 6. The third kappa shape index (κ3) is 4.84. The second-order valence-electron chi connectivity index (χ2n) is 10.3. The molecule has 6 rings (SSSR count). The Balaban J connectivity index is 1.26. The number of aryl methyl sites for hydroxylation is 2. The van der Waals surface area contributed by atoms with Crippen LogP contribution >= 0.6 is 0 Å². The minimum absolute atomic E-state index is 0.00526. The molecule has 6 nitrogen and oxygen atoms in total. The Hall–Kier alpha value is -3.94. The van der Waals surface area contributed by atoms with Crippen molar-refractivity contribution in [1.82, 2.24) is 0 Å². The number of anilines is 2. The van der Waals surface area contributed by atoms with E-state index in [2.05, 4.69) is 10.0 Å². The second kappa shape index (κ2) is 9.98. The Labute approximate surface area is 229 Å². The first kappa shape index (κ1) is 25.3. The molecule has 0 radical (unpaired) electrons. The van der Waals surface area contributed by atoms with Gasteiger partial charge in [0.15, 0.2) is 5.78 Å². The maximum absolute atomic E-state index is 13.3. The molecule has 198 valence electrons. The number of sulfonamides is 1. The van der Waals surface area contributed by atoms with Crippen molar-refractivity contribution in [3.63, 3.8) is 0 Å². The van der Waals surface area contributed by atoms with Crippen molar-refractivity contribution in [1.29, 1.82) is 0 Å². The highest BCUT2D eigenvalue weighted by Crippen LogP contribution is 2.50. The second-order valence-corrected chi connectivity index (χ2v) is 12.0. The summed E-state index contributed by atoms with van der Waals surface area (Å²) >= 11 is 0. The van der Waals surface area contributed by atoms with Crippen molar-refractivity contribution in [2.75, 3.05) is 16.6 Å². The Kier molecular flexibility index (Phi) is 6.49. The Bertz CT molecular complexity index is 1650. The molecule has 0 saturated carbocycles. The van der Waals surface area contributed by atoms with Crippen LogP contribution in [0.2, 0.25) is 0 Å². The molecule has 0 spiro atoms. The third-order valence-corrected chi connectivity index (χ3v) is 9.22. The first-order valence-corrected chi connectivity index (χ1v) is 14.6. The van der Waals surface area contributed by atoms with Gasteiger partial charge in [0.25, 0.3) is 10.0 Å². The number of nitrogens with one attached hydrogen (secondary N) is 2. The molecule has 0 bridgehead atoms. The summed E-state index contributed by atoms with van der Waals surface area (Å²) in [6.07, 6.45) is 0.637. The highest BCUT2D eigenvalue weighted by atomic mass is 32.2. The van der Waals surface area contributed by atoms with Crippen LogP contribution in [-0.4, -0.2) is 20.8 Å². The monoisotopic (exact) mass is 538 g/mol. The fourth-order valence-corrected chi connectivity index (χ4v) is 6.65. The molecule has 4 aromatic rings. The van der Waals surface area contributed by atoms with Crippen LogP contribution < -0.4 is 10.0 Å². The minimum Gasteiger partial charge on any atom is -0.378 e. The third-order valence-electron chi connectivity index (χ3n) is 7.84. The predicted molar refractivity (Wildman–Crippen MR) is 153 cm³/mol. The maximum Gasteiger partial charge on any atom is 0.261 e. The van der Waals surface area contributed by atoms with Crippen molar-refractivity contribution < 1.29 is 17.9 Å². The number of ether oxygens (including phenoxy) is 1. The average molecular weight is 539 g/mol. The van der Waals surface area contributed by atoms with Gasteiger partial charge in [0.05, 0.1) is 17.0 Å². The zero-order valence-corrected chi connectivity index (χ0v) is 22.7. The zero-order chi connectivity index (χ0) is 27.1. The lowest BCUT2D eigenvalue weighted by Gasteiger charge is -2.36. The van der Waals surface area contributed by atoms with Crippen LogP contribution in [0.3, 0.4) is 0 Å². The molecule has 1 fully saturated rings. The van der Waals surface area contributed by atoms with Crippen LogP contribution in [0.15, 0.2) is 95.9 Å². The molecule has 0 amide bonds. The summed E-state index contributed by atoms with van der Waals surface area (Å²) in [5.41, 5.74) is 6.76. The maximum atomic E-state index is 13.3. The Morgan fingerprint density at radius 2 is 1.62 bits per heavy atom. The lowest BCUT2D eigenvalue weighted by molar-refractivity contribution is 0.0827. The van der Waals surface area contributed by atoms with E-state index in [1.807, 2.05) is 86.6 Å². The highest BCUT2D eigenvalue weighted by Gasteiger charge is 2.42.